The number of carbonyl (C=O) groups excluding carboxylic acids is 1. The van der Waals surface area contributed by atoms with Crippen molar-refractivity contribution in [2.45, 2.75) is 65.8 Å². The van der Waals surface area contributed by atoms with Crippen LogP contribution in [0.1, 0.15) is 51.7 Å². The Labute approximate surface area is 151 Å². The van der Waals surface area contributed by atoms with E-state index in [1.54, 1.807) is 0 Å². The summed E-state index contributed by atoms with van der Waals surface area (Å²) in [5.41, 5.74) is 2.42. The van der Waals surface area contributed by atoms with Crippen molar-refractivity contribution in [1.82, 2.24) is 15.5 Å². The molecule has 0 aliphatic carbocycles. The Kier molecular flexibility index (Phi) is 6.85. The van der Waals surface area contributed by atoms with Crippen LogP contribution in [0.25, 0.3) is 0 Å². The van der Waals surface area contributed by atoms with E-state index in [1.807, 2.05) is 19.1 Å². The van der Waals surface area contributed by atoms with Crippen LogP contribution < -0.4 is 10.6 Å². The highest BCUT2D eigenvalue weighted by molar-refractivity contribution is 5.74. The molecular formula is C20H33N3O2. The average molecular weight is 348 g/mol. The molecule has 1 heterocycles. The third-order valence-electron chi connectivity index (χ3n) is 5.16. The molecule has 0 aromatic heterocycles. The summed E-state index contributed by atoms with van der Waals surface area (Å²) < 4.78 is 0. The molecule has 3 N–H and O–H groups in total. The van der Waals surface area contributed by atoms with Gasteiger partial charge in [0.25, 0.3) is 0 Å². The van der Waals surface area contributed by atoms with Crippen molar-refractivity contribution in [3.63, 3.8) is 0 Å². The highest BCUT2D eigenvalue weighted by Gasteiger charge is 2.22. The van der Waals surface area contributed by atoms with Crippen LogP contribution in [0, 0.1) is 5.41 Å². The summed E-state index contributed by atoms with van der Waals surface area (Å²) in [5.74, 6) is 0. The lowest BCUT2D eigenvalue weighted by Crippen LogP contribution is -2.46. The first-order valence-electron chi connectivity index (χ1n) is 9.27. The van der Waals surface area contributed by atoms with E-state index in [1.165, 1.54) is 5.56 Å². The fraction of sp³-hybridized carbons (Fsp3) is 0.650. The topological polar surface area (TPSA) is 64.6 Å². The second-order valence-corrected chi connectivity index (χ2v) is 8.19. The van der Waals surface area contributed by atoms with Crippen LogP contribution in [0.15, 0.2) is 24.3 Å². The molecule has 2 amide bonds. The summed E-state index contributed by atoms with van der Waals surface area (Å²) in [6.45, 7) is 11.6. The number of amides is 2. The second-order valence-electron chi connectivity index (χ2n) is 8.19. The van der Waals surface area contributed by atoms with Crippen LogP contribution in [0.2, 0.25) is 0 Å². The molecule has 1 atom stereocenters. The fourth-order valence-corrected chi connectivity index (χ4v) is 2.84. The van der Waals surface area contributed by atoms with Crippen molar-refractivity contribution in [3.05, 3.63) is 35.4 Å². The zero-order valence-electron chi connectivity index (χ0n) is 16.0. The smallest absolute Gasteiger partial charge is 0.315 e. The second kappa shape index (κ2) is 8.68. The minimum atomic E-state index is -0.151. The number of aliphatic hydroxyl groups is 1. The van der Waals surface area contributed by atoms with Gasteiger partial charge >= 0.3 is 6.03 Å². The summed E-state index contributed by atoms with van der Waals surface area (Å²) >= 11 is 0. The molecule has 1 aromatic rings. The molecule has 1 unspecified atom stereocenters. The van der Waals surface area contributed by atoms with E-state index < -0.39 is 0 Å². The van der Waals surface area contributed by atoms with Gasteiger partial charge in [-0.3, -0.25) is 4.90 Å². The number of nitrogens with zero attached hydrogens (tertiary/aromatic N) is 1. The van der Waals surface area contributed by atoms with Gasteiger partial charge in [-0.1, -0.05) is 45.0 Å². The monoisotopic (exact) mass is 347 g/mol. The predicted molar refractivity (Wildman–Crippen MR) is 101 cm³/mol. The fourth-order valence-electron chi connectivity index (χ4n) is 2.84. The van der Waals surface area contributed by atoms with Gasteiger partial charge in [0.2, 0.25) is 0 Å². The third-order valence-corrected chi connectivity index (χ3v) is 5.16. The van der Waals surface area contributed by atoms with E-state index >= 15 is 0 Å². The highest BCUT2D eigenvalue weighted by Crippen LogP contribution is 2.19. The Morgan fingerprint density at radius 3 is 2.44 bits per heavy atom. The normalized spacial score (nSPS) is 18.0. The van der Waals surface area contributed by atoms with Gasteiger partial charge in [0.1, 0.15) is 0 Å². The van der Waals surface area contributed by atoms with Crippen molar-refractivity contribution < 1.29 is 9.90 Å². The van der Waals surface area contributed by atoms with Crippen LogP contribution in [0.4, 0.5) is 4.79 Å². The molecule has 0 radical (unpaired) electrons. The van der Waals surface area contributed by atoms with E-state index in [4.69, 9.17) is 0 Å². The van der Waals surface area contributed by atoms with E-state index in [0.717, 1.165) is 38.0 Å². The van der Waals surface area contributed by atoms with Crippen LogP contribution in [0.5, 0.6) is 0 Å². The molecule has 5 nitrogen and oxygen atoms in total. The minimum Gasteiger partial charge on any atom is -0.393 e. The van der Waals surface area contributed by atoms with Gasteiger partial charge in [-0.05, 0) is 36.3 Å². The van der Waals surface area contributed by atoms with Gasteiger partial charge in [0, 0.05) is 32.2 Å². The number of urea groups is 1. The number of likely N-dealkylation sites (tertiary alicyclic amines) is 1. The number of piperidine rings is 1. The molecular weight excluding hydrogens is 314 g/mol. The zero-order chi connectivity index (χ0) is 18.4. The van der Waals surface area contributed by atoms with Crippen molar-refractivity contribution in [3.8, 4) is 0 Å². The SMILES string of the molecule is CC(NC(=O)NCc1ccccc1CN1CCC(O)CC1)C(C)(C)C. The predicted octanol–water partition coefficient (Wildman–Crippen LogP) is 2.88. The molecule has 140 valence electrons. The quantitative estimate of drug-likeness (QED) is 0.767. The standard InChI is InChI=1S/C20H33N3O2/c1-15(20(2,3)4)22-19(25)21-13-16-7-5-6-8-17(16)14-23-11-9-18(24)10-12-23/h5-8,15,18,24H,9-14H2,1-4H3,(H2,21,22,25). The van der Waals surface area contributed by atoms with Crippen LogP contribution in [-0.4, -0.2) is 41.3 Å². The summed E-state index contributed by atoms with van der Waals surface area (Å²) in [4.78, 5) is 14.5. The Bertz CT molecular complexity index is 560. The summed E-state index contributed by atoms with van der Waals surface area (Å²) in [7, 11) is 0. The van der Waals surface area contributed by atoms with E-state index in [2.05, 4.69) is 48.4 Å². The number of nitrogens with one attached hydrogen (secondary N) is 2. The molecule has 1 aromatic carbocycles. The third kappa shape index (κ3) is 6.33. The number of carbonyl (C=O) groups is 1. The minimum absolute atomic E-state index is 0.0358. The molecule has 2 rings (SSSR count). The first-order chi connectivity index (χ1) is 11.8. The van der Waals surface area contributed by atoms with Crippen molar-refractivity contribution in [2.24, 2.45) is 5.41 Å². The van der Waals surface area contributed by atoms with Crippen molar-refractivity contribution in [2.75, 3.05) is 13.1 Å². The summed E-state index contributed by atoms with van der Waals surface area (Å²) in [5, 5.41) is 15.6. The van der Waals surface area contributed by atoms with E-state index in [9.17, 15) is 9.90 Å². The molecule has 0 bridgehead atoms. The maximum absolute atomic E-state index is 12.2. The van der Waals surface area contributed by atoms with Crippen molar-refractivity contribution in [1.29, 1.82) is 0 Å². The number of aliphatic hydroxyl groups excluding tert-OH is 1. The molecule has 1 saturated heterocycles. The molecule has 0 saturated carbocycles. The van der Waals surface area contributed by atoms with Gasteiger partial charge < -0.3 is 15.7 Å². The Hall–Kier alpha value is -1.59. The molecule has 25 heavy (non-hydrogen) atoms. The Morgan fingerprint density at radius 1 is 1.24 bits per heavy atom. The lowest BCUT2D eigenvalue weighted by Gasteiger charge is -2.30. The van der Waals surface area contributed by atoms with Gasteiger partial charge in [0.15, 0.2) is 0 Å². The number of benzene rings is 1. The number of hydrogen-bond donors (Lipinski definition) is 3. The van der Waals surface area contributed by atoms with Gasteiger partial charge in [0.05, 0.1) is 6.10 Å². The molecule has 1 aliphatic rings. The molecule has 5 heteroatoms. The van der Waals surface area contributed by atoms with Crippen LogP contribution in [-0.2, 0) is 13.1 Å². The summed E-state index contributed by atoms with van der Waals surface area (Å²) in [6.07, 6.45) is 1.53. The van der Waals surface area contributed by atoms with Gasteiger partial charge in [-0.2, -0.15) is 0 Å². The van der Waals surface area contributed by atoms with Crippen LogP contribution >= 0.6 is 0 Å². The van der Waals surface area contributed by atoms with Crippen molar-refractivity contribution >= 4 is 6.03 Å². The Morgan fingerprint density at radius 2 is 1.84 bits per heavy atom. The average Bonchev–Trinajstić information content (AvgIpc) is 2.55. The number of hydrogen-bond acceptors (Lipinski definition) is 3. The molecule has 1 fully saturated rings. The maximum atomic E-state index is 12.2. The van der Waals surface area contributed by atoms with Gasteiger partial charge in [-0.25, -0.2) is 4.79 Å². The first-order valence-corrected chi connectivity index (χ1v) is 9.27. The van der Waals surface area contributed by atoms with E-state index in [0.29, 0.717) is 6.54 Å². The van der Waals surface area contributed by atoms with E-state index in [-0.39, 0.29) is 23.6 Å². The lowest BCUT2D eigenvalue weighted by atomic mass is 9.88. The molecule has 0 spiro atoms. The largest absolute Gasteiger partial charge is 0.393 e. The number of rotatable bonds is 5. The lowest BCUT2D eigenvalue weighted by molar-refractivity contribution is 0.0791. The van der Waals surface area contributed by atoms with Gasteiger partial charge in [-0.15, -0.1) is 0 Å². The Balaban J connectivity index is 1.89. The van der Waals surface area contributed by atoms with Crippen LogP contribution in [0.3, 0.4) is 0 Å². The first kappa shape index (κ1) is 19.7. The highest BCUT2D eigenvalue weighted by atomic mass is 16.3. The molecule has 1 aliphatic heterocycles. The summed E-state index contributed by atoms with van der Waals surface area (Å²) in [6, 6.07) is 8.22. The maximum Gasteiger partial charge on any atom is 0.315 e. The zero-order valence-corrected chi connectivity index (χ0v) is 16.0.